The Labute approximate surface area is 117 Å². The fourth-order valence-corrected chi connectivity index (χ4v) is 1.66. The van der Waals surface area contributed by atoms with Crippen LogP contribution in [0.5, 0.6) is 5.75 Å². The highest BCUT2D eigenvalue weighted by Gasteiger charge is 2.34. The summed E-state index contributed by atoms with van der Waals surface area (Å²) in [4.78, 5) is 11.6. The van der Waals surface area contributed by atoms with Crippen LogP contribution in [-0.2, 0) is 10.6 Å². The van der Waals surface area contributed by atoms with Crippen molar-refractivity contribution in [2.24, 2.45) is 0 Å². The van der Waals surface area contributed by atoms with E-state index >= 15 is 0 Å². The lowest BCUT2D eigenvalue weighted by molar-refractivity contribution is -0.275. The number of nitriles is 1. The fraction of sp³-hybridized carbons (Fsp3) is 0.333. The van der Waals surface area contributed by atoms with Crippen molar-refractivity contribution in [1.82, 2.24) is 0 Å². The number of benzene rings is 1. The van der Waals surface area contributed by atoms with Gasteiger partial charge in [0.1, 0.15) is 11.6 Å². The van der Waals surface area contributed by atoms with Crippen molar-refractivity contribution in [3.63, 3.8) is 0 Å². The highest BCUT2D eigenvalue weighted by molar-refractivity contribution is 6.17. The second kappa shape index (κ2) is 6.48. The van der Waals surface area contributed by atoms with Crippen LogP contribution in [0.25, 0.3) is 0 Å². The summed E-state index contributed by atoms with van der Waals surface area (Å²) in [5.74, 6) is -1.99. The predicted octanol–water partition coefficient (Wildman–Crippen LogP) is 3.37. The molecule has 0 heterocycles. The van der Waals surface area contributed by atoms with E-state index in [0.717, 1.165) is 0 Å². The minimum absolute atomic E-state index is 0.0242. The van der Waals surface area contributed by atoms with Crippen LogP contribution >= 0.6 is 11.6 Å². The molecule has 1 aromatic carbocycles. The Balaban J connectivity index is 3.41. The molecule has 0 aromatic heterocycles. The first kappa shape index (κ1) is 16.1. The minimum atomic E-state index is -5.00. The Morgan fingerprint density at radius 1 is 1.45 bits per heavy atom. The molecule has 0 N–H and O–H groups in total. The van der Waals surface area contributed by atoms with Gasteiger partial charge in [-0.2, -0.15) is 5.26 Å². The molecule has 4 nitrogen and oxygen atoms in total. The second-order valence-corrected chi connectivity index (χ2v) is 3.76. The number of carbonyl (C=O) groups is 1. The van der Waals surface area contributed by atoms with Crippen LogP contribution < -0.4 is 4.74 Å². The molecule has 0 atom stereocenters. The number of esters is 1. The van der Waals surface area contributed by atoms with E-state index in [0.29, 0.717) is 0 Å². The average molecular weight is 308 g/mol. The first-order valence-electron chi connectivity index (χ1n) is 5.38. The van der Waals surface area contributed by atoms with Crippen LogP contribution in [-0.4, -0.2) is 18.9 Å². The van der Waals surface area contributed by atoms with E-state index in [-0.39, 0.29) is 23.6 Å². The van der Waals surface area contributed by atoms with Gasteiger partial charge in [-0.1, -0.05) is 6.07 Å². The van der Waals surface area contributed by atoms with Gasteiger partial charge in [0.25, 0.3) is 0 Å². The maximum absolute atomic E-state index is 12.4. The number of alkyl halides is 4. The molecule has 20 heavy (non-hydrogen) atoms. The lowest BCUT2D eigenvalue weighted by Crippen LogP contribution is -2.20. The third kappa shape index (κ3) is 3.78. The zero-order valence-electron chi connectivity index (χ0n) is 10.3. The van der Waals surface area contributed by atoms with E-state index in [1.165, 1.54) is 25.1 Å². The summed E-state index contributed by atoms with van der Waals surface area (Å²) < 4.78 is 45.6. The summed E-state index contributed by atoms with van der Waals surface area (Å²) in [7, 11) is 0. The van der Waals surface area contributed by atoms with Crippen LogP contribution in [0.15, 0.2) is 12.1 Å². The molecule has 0 spiro atoms. The third-order valence-corrected chi connectivity index (χ3v) is 2.50. The van der Waals surface area contributed by atoms with Gasteiger partial charge >= 0.3 is 12.3 Å². The zero-order chi connectivity index (χ0) is 15.3. The summed E-state index contributed by atoms with van der Waals surface area (Å²) in [5.41, 5.74) is -0.907. The molecule has 1 aromatic rings. The fourth-order valence-electron chi connectivity index (χ4n) is 1.45. The number of hydrogen-bond donors (Lipinski definition) is 0. The summed E-state index contributed by atoms with van der Waals surface area (Å²) in [6, 6.07) is 3.88. The first-order valence-corrected chi connectivity index (χ1v) is 5.92. The van der Waals surface area contributed by atoms with E-state index < -0.39 is 23.6 Å². The molecule has 0 bridgehead atoms. The number of carbonyl (C=O) groups excluding carboxylic acids is 1. The van der Waals surface area contributed by atoms with Gasteiger partial charge in [-0.05, 0) is 13.0 Å². The third-order valence-electron chi connectivity index (χ3n) is 2.21. The molecule has 0 unspecified atom stereocenters. The lowest BCUT2D eigenvalue weighted by atomic mass is 10.0. The molecular weight excluding hydrogens is 299 g/mol. The number of rotatable bonds is 4. The molecule has 0 aliphatic carbocycles. The van der Waals surface area contributed by atoms with Crippen molar-refractivity contribution in [3.05, 3.63) is 28.8 Å². The monoisotopic (exact) mass is 307 g/mol. The largest absolute Gasteiger partial charge is 0.573 e. The number of hydrogen-bond acceptors (Lipinski definition) is 4. The van der Waals surface area contributed by atoms with E-state index in [1.54, 1.807) is 0 Å². The lowest BCUT2D eigenvalue weighted by Gasteiger charge is -2.15. The molecular formula is C12H9ClF3NO3. The molecule has 1 rings (SSSR count). The average Bonchev–Trinajstić information content (AvgIpc) is 2.36. The summed E-state index contributed by atoms with van der Waals surface area (Å²) in [5, 5.41) is 8.98. The zero-order valence-corrected chi connectivity index (χ0v) is 11.0. The smallest absolute Gasteiger partial charge is 0.462 e. The standard InChI is InChI=1S/C12H9ClF3NO3/c1-2-19-11(18)8-4-3-7(5-13)10(9(8)6-17)20-12(14,15)16/h3-4H,2,5H2,1H3. The topological polar surface area (TPSA) is 59.3 Å². The van der Waals surface area contributed by atoms with Gasteiger partial charge in [-0.15, -0.1) is 24.8 Å². The van der Waals surface area contributed by atoms with Gasteiger partial charge in [0.05, 0.1) is 18.1 Å². The van der Waals surface area contributed by atoms with Crippen LogP contribution in [0.3, 0.4) is 0 Å². The van der Waals surface area contributed by atoms with Gasteiger partial charge in [-0.3, -0.25) is 0 Å². The summed E-state index contributed by atoms with van der Waals surface area (Å²) in [6.45, 7) is 1.56. The van der Waals surface area contributed by atoms with E-state index in [4.69, 9.17) is 16.9 Å². The quantitative estimate of drug-likeness (QED) is 0.632. The molecule has 8 heteroatoms. The molecule has 0 aliphatic heterocycles. The highest BCUT2D eigenvalue weighted by atomic mass is 35.5. The van der Waals surface area contributed by atoms with Crippen molar-refractivity contribution in [1.29, 1.82) is 5.26 Å². The SMILES string of the molecule is CCOC(=O)c1ccc(CCl)c(OC(F)(F)F)c1C#N. The van der Waals surface area contributed by atoms with Crippen molar-refractivity contribution in [2.75, 3.05) is 6.61 Å². The van der Waals surface area contributed by atoms with Crippen molar-refractivity contribution in [2.45, 2.75) is 19.2 Å². The Morgan fingerprint density at radius 2 is 2.10 bits per heavy atom. The Kier molecular flexibility index (Phi) is 5.22. The summed E-state index contributed by atoms with van der Waals surface area (Å²) in [6.07, 6.45) is -5.00. The molecule has 0 fully saturated rings. The number of nitrogens with zero attached hydrogens (tertiary/aromatic N) is 1. The normalized spacial score (nSPS) is 10.8. The van der Waals surface area contributed by atoms with E-state index in [2.05, 4.69) is 9.47 Å². The first-order chi connectivity index (χ1) is 9.34. The van der Waals surface area contributed by atoms with Crippen molar-refractivity contribution < 1.29 is 27.4 Å². The predicted molar refractivity (Wildman–Crippen MR) is 63.4 cm³/mol. The van der Waals surface area contributed by atoms with Crippen molar-refractivity contribution >= 4 is 17.6 Å². The number of halogens is 4. The molecule has 0 saturated carbocycles. The molecule has 0 aliphatic rings. The van der Waals surface area contributed by atoms with Gasteiger partial charge < -0.3 is 9.47 Å². The van der Waals surface area contributed by atoms with Crippen LogP contribution in [0, 0.1) is 11.3 Å². The van der Waals surface area contributed by atoms with Gasteiger partial charge in [0.15, 0.2) is 5.75 Å². The maximum atomic E-state index is 12.4. The Hall–Kier alpha value is -1.94. The highest BCUT2D eigenvalue weighted by Crippen LogP contribution is 2.33. The van der Waals surface area contributed by atoms with Gasteiger partial charge in [0, 0.05) is 5.56 Å². The van der Waals surface area contributed by atoms with Gasteiger partial charge in [0.2, 0.25) is 0 Å². The van der Waals surface area contributed by atoms with Crippen LogP contribution in [0.4, 0.5) is 13.2 Å². The van der Waals surface area contributed by atoms with Crippen LogP contribution in [0.2, 0.25) is 0 Å². The molecule has 0 saturated heterocycles. The molecule has 0 amide bonds. The minimum Gasteiger partial charge on any atom is -0.462 e. The number of ether oxygens (including phenoxy) is 2. The molecule has 0 radical (unpaired) electrons. The van der Waals surface area contributed by atoms with Crippen molar-refractivity contribution in [3.8, 4) is 11.8 Å². The Morgan fingerprint density at radius 3 is 2.55 bits per heavy atom. The van der Waals surface area contributed by atoms with Crippen LogP contribution in [0.1, 0.15) is 28.4 Å². The Bertz CT molecular complexity index is 552. The second-order valence-electron chi connectivity index (χ2n) is 3.49. The molecule has 108 valence electrons. The summed E-state index contributed by atoms with van der Waals surface area (Å²) >= 11 is 5.51. The van der Waals surface area contributed by atoms with E-state index in [1.807, 2.05) is 0 Å². The maximum Gasteiger partial charge on any atom is 0.573 e. The van der Waals surface area contributed by atoms with E-state index in [9.17, 15) is 18.0 Å². The van der Waals surface area contributed by atoms with Gasteiger partial charge in [-0.25, -0.2) is 4.79 Å².